The fourth-order valence-corrected chi connectivity index (χ4v) is 2.24. The van der Waals surface area contributed by atoms with Gasteiger partial charge in [-0.05, 0) is 12.8 Å². The van der Waals surface area contributed by atoms with Crippen LogP contribution in [0.3, 0.4) is 0 Å². The molecule has 0 aliphatic carbocycles. The molecule has 19 heavy (non-hydrogen) atoms. The predicted molar refractivity (Wildman–Crippen MR) is 77.2 cm³/mol. The molecule has 0 unspecified atom stereocenters. The third-order valence-corrected chi connectivity index (χ3v) is 3.25. The summed E-state index contributed by atoms with van der Waals surface area (Å²) < 4.78 is 0. The Hall–Kier alpha value is -1.62. The van der Waals surface area contributed by atoms with Gasteiger partial charge in [-0.1, -0.05) is 25.0 Å². The molecule has 1 N–H and O–H groups in total. The van der Waals surface area contributed by atoms with Gasteiger partial charge in [-0.15, -0.1) is 12.4 Å². The summed E-state index contributed by atoms with van der Waals surface area (Å²) in [7, 11) is 0. The minimum Gasteiger partial charge on any atom is -0.357 e. The highest BCUT2D eigenvalue weighted by Gasteiger charge is 2.16. The summed E-state index contributed by atoms with van der Waals surface area (Å²) in [5, 5.41) is 18.9. The molecule has 1 aromatic carbocycles. The molecule has 0 atom stereocenters. The van der Waals surface area contributed by atoms with Gasteiger partial charge in [0.25, 0.3) is 5.69 Å². The van der Waals surface area contributed by atoms with Crippen molar-refractivity contribution < 1.29 is 4.92 Å². The number of amidine groups is 1. The van der Waals surface area contributed by atoms with Crippen molar-refractivity contribution in [3.63, 3.8) is 0 Å². The number of nitro benzene ring substituents is 1. The average molecular weight is 284 g/mol. The van der Waals surface area contributed by atoms with Crippen molar-refractivity contribution in [2.45, 2.75) is 25.7 Å². The van der Waals surface area contributed by atoms with Crippen molar-refractivity contribution >= 4 is 23.9 Å². The van der Waals surface area contributed by atoms with Crippen LogP contribution >= 0.6 is 12.4 Å². The van der Waals surface area contributed by atoms with Crippen LogP contribution in [0.5, 0.6) is 0 Å². The van der Waals surface area contributed by atoms with Crippen molar-refractivity contribution in [3.8, 4) is 0 Å². The number of halogens is 1. The molecule has 2 rings (SSSR count). The Kier molecular flexibility index (Phi) is 5.76. The fourth-order valence-electron chi connectivity index (χ4n) is 2.24. The molecule has 0 aromatic heterocycles. The fraction of sp³-hybridized carbons (Fsp3) is 0.462. The second kappa shape index (κ2) is 7.09. The maximum atomic E-state index is 10.7. The van der Waals surface area contributed by atoms with Gasteiger partial charge in [0.05, 0.1) is 4.92 Å². The number of hydrogen-bond acceptors (Lipinski definition) is 3. The van der Waals surface area contributed by atoms with Gasteiger partial charge in [0, 0.05) is 30.8 Å². The molecule has 1 aliphatic rings. The van der Waals surface area contributed by atoms with E-state index in [1.165, 1.54) is 25.0 Å². The maximum Gasteiger partial charge on any atom is 0.270 e. The van der Waals surface area contributed by atoms with Gasteiger partial charge in [-0.3, -0.25) is 15.5 Å². The summed E-state index contributed by atoms with van der Waals surface area (Å²) in [5.74, 6) is 0.403. The molecule has 0 spiro atoms. The van der Waals surface area contributed by atoms with E-state index in [4.69, 9.17) is 5.41 Å². The van der Waals surface area contributed by atoms with Crippen LogP contribution in [0.25, 0.3) is 0 Å². The van der Waals surface area contributed by atoms with Crippen molar-refractivity contribution in [1.82, 2.24) is 4.90 Å². The normalized spacial score (nSPS) is 15.3. The highest BCUT2D eigenvalue weighted by Crippen LogP contribution is 2.17. The van der Waals surface area contributed by atoms with Crippen molar-refractivity contribution in [1.29, 1.82) is 5.41 Å². The van der Waals surface area contributed by atoms with Crippen LogP contribution in [0.4, 0.5) is 5.69 Å². The molecule has 1 heterocycles. The summed E-state index contributed by atoms with van der Waals surface area (Å²) in [5.41, 5.74) is 0.679. The molecular weight excluding hydrogens is 266 g/mol. The summed E-state index contributed by atoms with van der Waals surface area (Å²) in [6.07, 6.45) is 4.60. The van der Waals surface area contributed by atoms with Gasteiger partial charge < -0.3 is 4.90 Å². The summed E-state index contributed by atoms with van der Waals surface area (Å²) in [6.45, 7) is 1.75. The van der Waals surface area contributed by atoms with E-state index in [1.54, 1.807) is 12.1 Å². The zero-order valence-electron chi connectivity index (χ0n) is 10.7. The first-order valence-electron chi connectivity index (χ1n) is 6.27. The molecule has 5 nitrogen and oxygen atoms in total. The number of nitro groups is 1. The third kappa shape index (κ3) is 3.92. The predicted octanol–water partition coefficient (Wildman–Crippen LogP) is 3.22. The minimum atomic E-state index is -0.417. The van der Waals surface area contributed by atoms with E-state index in [-0.39, 0.29) is 18.1 Å². The van der Waals surface area contributed by atoms with E-state index in [1.807, 2.05) is 4.90 Å². The first-order valence-corrected chi connectivity index (χ1v) is 6.27. The van der Waals surface area contributed by atoms with Crippen LogP contribution in [0.2, 0.25) is 0 Å². The Morgan fingerprint density at radius 1 is 1.21 bits per heavy atom. The lowest BCUT2D eigenvalue weighted by atomic mass is 10.1. The molecule has 1 aliphatic heterocycles. The van der Waals surface area contributed by atoms with Crippen molar-refractivity contribution in [2.75, 3.05) is 13.1 Å². The number of rotatable bonds is 2. The second-order valence-corrected chi connectivity index (χ2v) is 4.56. The largest absolute Gasteiger partial charge is 0.357 e. The molecule has 0 radical (unpaired) electrons. The molecule has 0 saturated carbocycles. The zero-order chi connectivity index (χ0) is 13.0. The van der Waals surface area contributed by atoms with E-state index in [2.05, 4.69) is 0 Å². The van der Waals surface area contributed by atoms with Gasteiger partial charge in [0.15, 0.2) is 0 Å². The number of likely N-dealkylation sites (tertiary alicyclic amines) is 1. The lowest BCUT2D eigenvalue weighted by molar-refractivity contribution is -0.384. The molecule has 1 fully saturated rings. The first kappa shape index (κ1) is 15.4. The lowest BCUT2D eigenvalue weighted by Gasteiger charge is -2.23. The van der Waals surface area contributed by atoms with Crippen molar-refractivity contribution in [3.05, 3.63) is 39.9 Å². The van der Waals surface area contributed by atoms with Gasteiger partial charge in [-0.25, -0.2) is 0 Å². The highest BCUT2D eigenvalue weighted by atomic mass is 35.5. The number of benzene rings is 1. The van der Waals surface area contributed by atoms with Crippen LogP contribution in [0.1, 0.15) is 31.2 Å². The number of nitrogens with zero attached hydrogens (tertiary/aromatic N) is 2. The summed E-state index contributed by atoms with van der Waals surface area (Å²) in [6, 6.07) is 6.34. The Morgan fingerprint density at radius 3 is 2.42 bits per heavy atom. The topological polar surface area (TPSA) is 70.2 Å². The van der Waals surface area contributed by atoms with Crippen LogP contribution in [-0.4, -0.2) is 28.7 Å². The maximum absolute atomic E-state index is 10.7. The first-order chi connectivity index (χ1) is 8.68. The van der Waals surface area contributed by atoms with Crippen LogP contribution in [0, 0.1) is 15.5 Å². The van der Waals surface area contributed by atoms with Gasteiger partial charge in [0.1, 0.15) is 5.84 Å². The van der Waals surface area contributed by atoms with Crippen LogP contribution in [0.15, 0.2) is 24.3 Å². The third-order valence-electron chi connectivity index (χ3n) is 3.25. The summed E-state index contributed by atoms with van der Waals surface area (Å²) >= 11 is 0. The molecule has 1 saturated heterocycles. The minimum absolute atomic E-state index is 0. The molecule has 6 heteroatoms. The van der Waals surface area contributed by atoms with E-state index in [0.29, 0.717) is 11.4 Å². The van der Waals surface area contributed by atoms with Gasteiger partial charge >= 0.3 is 0 Å². The molecule has 0 bridgehead atoms. The Labute approximate surface area is 118 Å². The number of nitrogens with one attached hydrogen (secondary N) is 1. The quantitative estimate of drug-likeness (QED) is 0.392. The number of non-ortho nitro benzene ring substituents is 1. The van der Waals surface area contributed by atoms with Crippen molar-refractivity contribution in [2.24, 2.45) is 0 Å². The summed E-state index contributed by atoms with van der Waals surface area (Å²) in [4.78, 5) is 12.3. The van der Waals surface area contributed by atoms with Gasteiger partial charge in [0.2, 0.25) is 0 Å². The van der Waals surface area contributed by atoms with Crippen LogP contribution < -0.4 is 0 Å². The number of hydrogen-bond donors (Lipinski definition) is 1. The highest BCUT2D eigenvalue weighted by molar-refractivity contribution is 5.96. The smallest absolute Gasteiger partial charge is 0.270 e. The van der Waals surface area contributed by atoms with E-state index >= 15 is 0 Å². The second-order valence-electron chi connectivity index (χ2n) is 4.56. The zero-order valence-corrected chi connectivity index (χ0v) is 11.5. The Bertz CT molecular complexity index is 457. The van der Waals surface area contributed by atoms with Gasteiger partial charge in [-0.2, -0.15) is 0 Å². The molecule has 0 amide bonds. The Balaban J connectivity index is 0.00000180. The van der Waals surface area contributed by atoms with E-state index in [9.17, 15) is 10.1 Å². The van der Waals surface area contributed by atoms with Crippen LogP contribution in [-0.2, 0) is 0 Å². The SMILES string of the molecule is Cl.N=C(c1cccc([N+](=O)[O-])c1)N1CCCCCC1. The Morgan fingerprint density at radius 2 is 1.84 bits per heavy atom. The average Bonchev–Trinajstić information content (AvgIpc) is 2.67. The standard InChI is InChI=1S/C13H17N3O2.ClH/c14-13(15-8-3-1-2-4-9-15)11-6-5-7-12(10-11)16(17)18;/h5-7,10,14H,1-4,8-9H2;1H. The molecular formula is C13H18ClN3O2. The lowest BCUT2D eigenvalue weighted by Crippen LogP contribution is -2.31. The van der Waals surface area contributed by atoms with E-state index in [0.717, 1.165) is 25.9 Å². The molecule has 1 aromatic rings. The monoisotopic (exact) mass is 283 g/mol. The van der Waals surface area contributed by atoms with E-state index < -0.39 is 4.92 Å². The molecule has 104 valence electrons.